The van der Waals surface area contributed by atoms with Crippen molar-refractivity contribution in [2.24, 2.45) is 11.3 Å². The summed E-state index contributed by atoms with van der Waals surface area (Å²) in [6.07, 6.45) is 2.66. The molecule has 1 atom stereocenters. The van der Waals surface area contributed by atoms with Crippen molar-refractivity contribution >= 4 is 9.84 Å². The van der Waals surface area contributed by atoms with Gasteiger partial charge in [0.05, 0.1) is 11.5 Å². The van der Waals surface area contributed by atoms with Crippen LogP contribution in [0.5, 0.6) is 0 Å². The van der Waals surface area contributed by atoms with Gasteiger partial charge in [0.2, 0.25) is 0 Å². The third-order valence-corrected chi connectivity index (χ3v) is 5.93. The van der Waals surface area contributed by atoms with E-state index in [0.29, 0.717) is 11.5 Å². The summed E-state index contributed by atoms with van der Waals surface area (Å²) < 4.78 is 22.6. The van der Waals surface area contributed by atoms with Gasteiger partial charge >= 0.3 is 0 Å². The second-order valence-corrected chi connectivity index (χ2v) is 7.49. The Morgan fingerprint density at radius 2 is 2.00 bits per heavy atom. The van der Waals surface area contributed by atoms with Crippen molar-refractivity contribution in [2.75, 3.05) is 31.2 Å². The van der Waals surface area contributed by atoms with Gasteiger partial charge in [-0.1, -0.05) is 13.8 Å². The zero-order valence-corrected chi connectivity index (χ0v) is 11.7. The van der Waals surface area contributed by atoms with Crippen LogP contribution in [0.3, 0.4) is 0 Å². The minimum Gasteiger partial charge on any atom is -0.396 e. The van der Waals surface area contributed by atoms with E-state index in [9.17, 15) is 13.5 Å². The van der Waals surface area contributed by atoms with Gasteiger partial charge in [0.15, 0.2) is 9.84 Å². The highest BCUT2D eigenvalue weighted by atomic mass is 32.2. The smallest absolute Gasteiger partial charge is 0.150 e. The third kappa shape index (κ3) is 4.23. The molecule has 0 aliphatic carbocycles. The molecule has 4 nitrogen and oxygen atoms in total. The Morgan fingerprint density at radius 3 is 2.41 bits per heavy atom. The van der Waals surface area contributed by atoms with E-state index in [1.807, 2.05) is 0 Å². The Balaban J connectivity index is 2.32. The molecular weight excluding hydrogens is 238 g/mol. The Morgan fingerprint density at radius 1 is 1.35 bits per heavy atom. The molecule has 1 aliphatic rings. The summed E-state index contributed by atoms with van der Waals surface area (Å²) in [7, 11) is -2.77. The molecular formula is C12H25NO3S. The standard InChI is InChI=1S/C12H25NO3S/c1-3-12(4-2,10-14)9-13-7-11-5-6-17(15,16)8-11/h11,13-14H,3-10H2,1-2H3. The highest BCUT2D eigenvalue weighted by molar-refractivity contribution is 7.91. The molecule has 1 saturated heterocycles. The van der Waals surface area contributed by atoms with Gasteiger partial charge in [0, 0.05) is 18.6 Å². The Labute approximate surface area is 105 Å². The quantitative estimate of drug-likeness (QED) is 0.713. The molecule has 1 heterocycles. The summed E-state index contributed by atoms with van der Waals surface area (Å²) in [6.45, 7) is 5.88. The summed E-state index contributed by atoms with van der Waals surface area (Å²) in [5.41, 5.74) is -0.0442. The number of sulfone groups is 1. The molecule has 0 saturated carbocycles. The van der Waals surface area contributed by atoms with Crippen LogP contribution in [0.15, 0.2) is 0 Å². The van der Waals surface area contributed by atoms with Crippen molar-refractivity contribution in [3.63, 3.8) is 0 Å². The molecule has 0 bridgehead atoms. The first-order valence-corrected chi connectivity index (χ1v) is 8.31. The minimum atomic E-state index is -2.77. The van der Waals surface area contributed by atoms with Crippen LogP contribution in [0.4, 0.5) is 0 Å². The van der Waals surface area contributed by atoms with Crippen LogP contribution in [0.25, 0.3) is 0 Å². The van der Waals surface area contributed by atoms with Gasteiger partial charge in [-0.2, -0.15) is 0 Å². The molecule has 1 rings (SSSR count). The molecule has 1 fully saturated rings. The Hall–Kier alpha value is -0.130. The molecule has 0 aromatic carbocycles. The topological polar surface area (TPSA) is 66.4 Å². The van der Waals surface area contributed by atoms with E-state index in [1.165, 1.54) is 0 Å². The second kappa shape index (κ2) is 6.16. The maximum atomic E-state index is 11.3. The molecule has 0 spiro atoms. The molecule has 1 aliphatic heterocycles. The van der Waals surface area contributed by atoms with Crippen LogP contribution in [0.2, 0.25) is 0 Å². The van der Waals surface area contributed by atoms with Crippen LogP contribution < -0.4 is 5.32 Å². The lowest BCUT2D eigenvalue weighted by atomic mass is 9.83. The molecule has 2 N–H and O–H groups in total. The zero-order chi connectivity index (χ0) is 12.9. The summed E-state index contributed by atoms with van der Waals surface area (Å²) in [6, 6.07) is 0. The molecule has 17 heavy (non-hydrogen) atoms. The number of hydrogen-bond acceptors (Lipinski definition) is 4. The number of aliphatic hydroxyl groups excluding tert-OH is 1. The van der Waals surface area contributed by atoms with Gasteiger partial charge in [-0.3, -0.25) is 0 Å². The van der Waals surface area contributed by atoms with Crippen molar-refractivity contribution in [2.45, 2.75) is 33.1 Å². The number of aliphatic hydroxyl groups is 1. The normalized spacial score (nSPS) is 24.1. The van der Waals surface area contributed by atoms with Gasteiger partial charge in [0.25, 0.3) is 0 Å². The summed E-state index contributed by atoms with van der Waals surface area (Å²) in [4.78, 5) is 0. The molecule has 5 heteroatoms. The molecule has 102 valence electrons. The van der Waals surface area contributed by atoms with E-state index in [0.717, 1.165) is 32.4 Å². The fourth-order valence-corrected chi connectivity index (χ4v) is 4.22. The molecule has 0 amide bonds. The molecule has 1 unspecified atom stereocenters. The summed E-state index contributed by atoms with van der Waals surface area (Å²) in [5.74, 6) is 0.918. The Kier molecular flexibility index (Phi) is 5.41. The van der Waals surface area contributed by atoms with E-state index < -0.39 is 9.84 Å². The maximum Gasteiger partial charge on any atom is 0.150 e. The van der Waals surface area contributed by atoms with Crippen LogP contribution >= 0.6 is 0 Å². The third-order valence-electron chi connectivity index (χ3n) is 4.10. The number of rotatable bonds is 7. The van der Waals surface area contributed by atoms with Crippen molar-refractivity contribution < 1.29 is 13.5 Å². The maximum absolute atomic E-state index is 11.3. The largest absolute Gasteiger partial charge is 0.396 e. The first-order chi connectivity index (χ1) is 7.97. The van der Waals surface area contributed by atoms with E-state index in [2.05, 4.69) is 19.2 Å². The van der Waals surface area contributed by atoms with Crippen molar-refractivity contribution in [1.82, 2.24) is 5.32 Å². The van der Waals surface area contributed by atoms with Gasteiger partial charge in [0.1, 0.15) is 0 Å². The van der Waals surface area contributed by atoms with Crippen molar-refractivity contribution in [3.8, 4) is 0 Å². The molecule has 0 aromatic rings. The highest BCUT2D eigenvalue weighted by Gasteiger charge is 2.29. The summed E-state index contributed by atoms with van der Waals surface area (Å²) in [5, 5.41) is 12.8. The fraction of sp³-hybridized carbons (Fsp3) is 1.00. The van der Waals surface area contributed by atoms with Gasteiger partial charge in [-0.05, 0) is 31.7 Å². The van der Waals surface area contributed by atoms with Gasteiger partial charge in [-0.25, -0.2) is 8.42 Å². The van der Waals surface area contributed by atoms with Crippen molar-refractivity contribution in [3.05, 3.63) is 0 Å². The number of nitrogens with one attached hydrogen (secondary N) is 1. The van der Waals surface area contributed by atoms with Crippen molar-refractivity contribution in [1.29, 1.82) is 0 Å². The first kappa shape index (κ1) is 14.9. The average Bonchev–Trinajstić information content (AvgIpc) is 2.65. The van der Waals surface area contributed by atoms with E-state index in [4.69, 9.17) is 0 Å². The van der Waals surface area contributed by atoms with E-state index in [-0.39, 0.29) is 17.9 Å². The average molecular weight is 263 g/mol. The van der Waals surface area contributed by atoms with E-state index in [1.54, 1.807) is 0 Å². The fourth-order valence-electron chi connectivity index (χ4n) is 2.35. The second-order valence-electron chi connectivity index (χ2n) is 5.27. The predicted molar refractivity (Wildman–Crippen MR) is 69.7 cm³/mol. The lowest BCUT2D eigenvalue weighted by Gasteiger charge is -2.30. The van der Waals surface area contributed by atoms with Gasteiger partial charge < -0.3 is 10.4 Å². The summed E-state index contributed by atoms with van der Waals surface area (Å²) >= 11 is 0. The van der Waals surface area contributed by atoms with E-state index >= 15 is 0 Å². The first-order valence-electron chi connectivity index (χ1n) is 6.49. The zero-order valence-electron chi connectivity index (χ0n) is 10.9. The molecule has 0 aromatic heterocycles. The van der Waals surface area contributed by atoms with Crippen LogP contribution in [-0.4, -0.2) is 44.7 Å². The van der Waals surface area contributed by atoms with Crippen LogP contribution in [0.1, 0.15) is 33.1 Å². The SMILES string of the molecule is CCC(CC)(CO)CNCC1CCS(=O)(=O)C1. The highest BCUT2D eigenvalue weighted by Crippen LogP contribution is 2.25. The minimum absolute atomic E-state index is 0.0442. The molecule has 0 radical (unpaired) electrons. The predicted octanol–water partition coefficient (Wildman–Crippen LogP) is 0.809. The van der Waals surface area contributed by atoms with Crippen LogP contribution in [0, 0.1) is 11.3 Å². The number of hydrogen-bond donors (Lipinski definition) is 2. The Bertz CT molecular complexity index is 314. The van der Waals surface area contributed by atoms with Crippen LogP contribution in [-0.2, 0) is 9.84 Å². The monoisotopic (exact) mass is 263 g/mol. The lowest BCUT2D eigenvalue weighted by molar-refractivity contribution is 0.112. The lowest BCUT2D eigenvalue weighted by Crippen LogP contribution is -2.38. The van der Waals surface area contributed by atoms with Gasteiger partial charge in [-0.15, -0.1) is 0 Å².